The Labute approximate surface area is 206 Å². The summed E-state index contributed by atoms with van der Waals surface area (Å²) in [6.07, 6.45) is -0.00998. The molecule has 0 saturated carbocycles. The molecule has 0 spiro atoms. The van der Waals surface area contributed by atoms with E-state index in [4.69, 9.17) is 0 Å². The van der Waals surface area contributed by atoms with Crippen LogP contribution in [0.5, 0.6) is 0 Å². The molecule has 1 atom stereocenters. The largest absolute Gasteiger partial charge is 0.350 e. The number of benzene rings is 1. The summed E-state index contributed by atoms with van der Waals surface area (Å²) in [6, 6.07) is 8.08. The number of hydrogen-bond acceptors (Lipinski definition) is 7. The van der Waals surface area contributed by atoms with Crippen LogP contribution in [0, 0.1) is 11.6 Å². The van der Waals surface area contributed by atoms with Crippen molar-refractivity contribution in [3.63, 3.8) is 0 Å². The molecule has 0 saturated heterocycles. The highest BCUT2D eigenvalue weighted by Gasteiger charge is 2.37. The second-order valence-corrected chi connectivity index (χ2v) is 8.31. The lowest BCUT2D eigenvalue weighted by Gasteiger charge is -2.27. The summed E-state index contributed by atoms with van der Waals surface area (Å²) >= 11 is 0. The molecule has 2 N–H and O–H groups in total. The first-order valence-electron chi connectivity index (χ1n) is 10.9. The van der Waals surface area contributed by atoms with E-state index in [1.165, 1.54) is 47.9 Å². The van der Waals surface area contributed by atoms with Crippen LogP contribution in [0.1, 0.15) is 13.8 Å². The van der Waals surface area contributed by atoms with Gasteiger partial charge >= 0.3 is 0 Å². The van der Waals surface area contributed by atoms with Crippen molar-refractivity contribution in [1.82, 2.24) is 25.0 Å². The molecular formula is C24H26F2N6O4. The van der Waals surface area contributed by atoms with Crippen molar-refractivity contribution in [3.05, 3.63) is 59.6 Å². The van der Waals surface area contributed by atoms with Gasteiger partial charge in [-0.2, -0.15) is 0 Å². The van der Waals surface area contributed by atoms with Gasteiger partial charge in [0, 0.05) is 19.7 Å². The van der Waals surface area contributed by atoms with Gasteiger partial charge in [-0.25, -0.2) is 13.8 Å². The molecule has 10 nitrogen and oxygen atoms in total. The van der Waals surface area contributed by atoms with Crippen molar-refractivity contribution >= 4 is 29.8 Å². The van der Waals surface area contributed by atoms with E-state index in [0.717, 1.165) is 12.1 Å². The summed E-state index contributed by atoms with van der Waals surface area (Å²) in [5.41, 5.74) is 0.701. The molecule has 1 aliphatic heterocycles. The van der Waals surface area contributed by atoms with Gasteiger partial charge < -0.3 is 25.3 Å². The standard InChI is InChI=1S/C24H26F2N6O4/c1-14(34)11-30(3)24(36)22-23(31(4)13-33)27-15(2)32(22)12-21(35)29-20-7-5-6-19(28-20)16-8-9-17(25)18(26)10-16/h5-10,13,15,27H,11-12H2,1-4H3,(H,28,29,35). The smallest absolute Gasteiger partial charge is 0.274 e. The fraction of sp³-hybridized carbons (Fsp3) is 0.292. The third-order valence-corrected chi connectivity index (χ3v) is 5.39. The predicted octanol–water partition coefficient (Wildman–Crippen LogP) is 1.52. The average Bonchev–Trinajstić information content (AvgIpc) is 3.15. The Bertz CT molecular complexity index is 1230. The number of likely N-dealkylation sites (N-methyl/N-ethyl adjacent to an activating group) is 1. The van der Waals surface area contributed by atoms with Crippen molar-refractivity contribution in [2.45, 2.75) is 20.0 Å². The lowest BCUT2D eigenvalue weighted by atomic mass is 10.1. The molecule has 0 bridgehead atoms. The van der Waals surface area contributed by atoms with Gasteiger partial charge in [0.05, 0.1) is 24.9 Å². The van der Waals surface area contributed by atoms with E-state index in [1.807, 2.05) is 0 Å². The molecule has 3 rings (SSSR count). The van der Waals surface area contributed by atoms with Crippen molar-refractivity contribution in [3.8, 4) is 11.3 Å². The van der Waals surface area contributed by atoms with Crippen LogP contribution in [0.15, 0.2) is 47.9 Å². The van der Waals surface area contributed by atoms with Gasteiger partial charge in [0.15, 0.2) is 11.6 Å². The maximum atomic E-state index is 13.6. The number of nitrogens with zero attached hydrogens (tertiary/aromatic N) is 4. The quantitative estimate of drug-likeness (QED) is 0.502. The maximum Gasteiger partial charge on any atom is 0.274 e. The van der Waals surface area contributed by atoms with Crippen molar-refractivity contribution in [2.24, 2.45) is 0 Å². The number of ketones is 1. The zero-order valence-electron chi connectivity index (χ0n) is 20.2. The molecular weight excluding hydrogens is 474 g/mol. The summed E-state index contributed by atoms with van der Waals surface area (Å²) in [5, 5.41) is 5.64. The maximum absolute atomic E-state index is 13.6. The summed E-state index contributed by atoms with van der Waals surface area (Å²) in [4.78, 5) is 57.1. The van der Waals surface area contributed by atoms with E-state index in [-0.39, 0.29) is 36.2 Å². The Hall–Kier alpha value is -4.35. The van der Waals surface area contributed by atoms with Crippen LogP contribution in [0.4, 0.5) is 14.6 Å². The Kier molecular flexibility index (Phi) is 7.97. The molecule has 12 heteroatoms. The van der Waals surface area contributed by atoms with Crippen molar-refractivity contribution in [2.75, 3.05) is 32.5 Å². The highest BCUT2D eigenvalue weighted by atomic mass is 19.2. The molecule has 0 radical (unpaired) electrons. The number of nitrogens with one attached hydrogen (secondary N) is 2. The van der Waals surface area contributed by atoms with Crippen molar-refractivity contribution < 1.29 is 28.0 Å². The molecule has 190 valence electrons. The summed E-state index contributed by atoms with van der Waals surface area (Å²) in [7, 11) is 2.90. The number of hydrogen-bond donors (Lipinski definition) is 2. The predicted molar refractivity (Wildman–Crippen MR) is 127 cm³/mol. The number of Topliss-reactive ketones (excluding diaryl/α,β-unsaturated/α-hetero) is 1. The van der Waals surface area contributed by atoms with Crippen LogP contribution >= 0.6 is 0 Å². The topological polar surface area (TPSA) is 115 Å². The Morgan fingerprint density at radius 1 is 1.17 bits per heavy atom. The van der Waals surface area contributed by atoms with Crippen LogP contribution in [-0.4, -0.2) is 77.0 Å². The van der Waals surface area contributed by atoms with E-state index in [2.05, 4.69) is 15.6 Å². The number of carbonyl (C=O) groups is 4. The highest BCUT2D eigenvalue weighted by molar-refractivity contribution is 5.98. The number of pyridine rings is 1. The van der Waals surface area contributed by atoms with E-state index >= 15 is 0 Å². The zero-order chi connectivity index (χ0) is 26.6. The molecule has 3 amide bonds. The van der Waals surface area contributed by atoms with Crippen LogP contribution in [-0.2, 0) is 19.2 Å². The average molecular weight is 501 g/mol. The molecule has 36 heavy (non-hydrogen) atoms. The first-order valence-corrected chi connectivity index (χ1v) is 10.9. The van der Waals surface area contributed by atoms with E-state index < -0.39 is 29.6 Å². The first kappa shape index (κ1) is 26.3. The van der Waals surface area contributed by atoms with Gasteiger partial charge in [0.25, 0.3) is 5.91 Å². The number of rotatable bonds is 9. The minimum atomic E-state index is -1.02. The van der Waals surface area contributed by atoms with E-state index in [0.29, 0.717) is 17.7 Å². The minimum Gasteiger partial charge on any atom is -0.350 e. The van der Waals surface area contributed by atoms with Gasteiger partial charge in [-0.1, -0.05) is 6.07 Å². The molecule has 1 unspecified atom stereocenters. The lowest BCUT2D eigenvalue weighted by Crippen LogP contribution is -2.44. The fourth-order valence-electron chi connectivity index (χ4n) is 3.68. The minimum absolute atomic E-state index is 0.0551. The molecule has 1 aromatic heterocycles. The highest BCUT2D eigenvalue weighted by Crippen LogP contribution is 2.24. The van der Waals surface area contributed by atoms with Gasteiger partial charge in [-0.05, 0) is 44.2 Å². The molecule has 0 fully saturated rings. The molecule has 2 aromatic rings. The third kappa shape index (κ3) is 5.82. The summed E-state index contributed by atoms with van der Waals surface area (Å²) < 4.78 is 26.9. The van der Waals surface area contributed by atoms with E-state index in [9.17, 15) is 28.0 Å². The Morgan fingerprint density at radius 3 is 2.53 bits per heavy atom. The lowest BCUT2D eigenvalue weighted by molar-refractivity contribution is -0.132. The molecule has 1 aliphatic rings. The van der Waals surface area contributed by atoms with Crippen LogP contribution in [0.25, 0.3) is 11.3 Å². The normalized spacial score (nSPS) is 14.8. The van der Waals surface area contributed by atoms with Gasteiger partial charge in [-0.3, -0.25) is 19.2 Å². The van der Waals surface area contributed by atoms with Gasteiger partial charge in [0.2, 0.25) is 12.3 Å². The van der Waals surface area contributed by atoms with Gasteiger partial charge in [0.1, 0.15) is 23.1 Å². The summed E-state index contributed by atoms with van der Waals surface area (Å²) in [5.74, 6) is -2.93. The summed E-state index contributed by atoms with van der Waals surface area (Å²) in [6.45, 7) is 2.63. The van der Waals surface area contributed by atoms with Gasteiger partial charge in [-0.15, -0.1) is 0 Å². The van der Waals surface area contributed by atoms with Crippen LogP contribution < -0.4 is 10.6 Å². The molecule has 2 heterocycles. The second kappa shape index (κ2) is 10.9. The second-order valence-electron chi connectivity index (χ2n) is 8.31. The SMILES string of the molecule is CC(=O)CN(C)C(=O)C1=C(N(C)C=O)NC(C)N1CC(=O)Nc1cccc(-c2ccc(F)c(F)c2)n1. The molecule has 1 aromatic carbocycles. The number of aromatic nitrogens is 1. The molecule has 0 aliphatic carbocycles. The zero-order valence-corrected chi connectivity index (χ0v) is 20.2. The number of carbonyl (C=O) groups excluding carboxylic acids is 4. The van der Waals surface area contributed by atoms with Crippen LogP contribution in [0.3, 0.4) is 0 Å². The fourth-order valence-corrected chi connectivity index (χ4v) is 3.68. The van der Waals surface area contributed by atoms with Crippen LogP contribution in [0.2, 0.25) is 0 Å². The van der Waals surface area contributed by atoms with E-state index in [1.54, 1.807) is 19.1 Å². The Morgan fingerprint density at radius 2 is 1.89 bits per heavy atom. The number of halogens is 2. The monoisotopic (exact) mass is 500 g/mol. The van der Waals surface area contributed by atoms with Crippen molar-refractivity contribution in [1.29, 1.82) is 0 Å². The Balaban J connectivity index is 1.82. The number of amides is 3. The third-order valence-electron chi connectivity index (χ3n) is 5.39. The number of anilines is 1. The first-order chi connectivity index (χ1) is 17.0.